The predicted molar refractivity (Wildman–Crippen MR) is 132 cm³/mol. The van der Waals surface area contributed by atoms with Crippen LogP contribution in [0.5, 0.6) is 11.5 Å². The van der Waals surface area contributed by atoms with E-state index in [4.69, 9.17) is 18.9 Å². The highest BCUT2D eigenvalue weighted by Crippen LogP contribution is 2.19. The molecule has 0 aliphatic heterocycles. The van der Waals surface area contributed by atoms with Crippen molar-refractivity contribution in [2.45, 2.75) is 38.5 Å². The summed E-state index contributed by atoms with van der Waals surface area (Å²) in [4.78, 5) is 63.9. The summed E-state index contributed by atoms with van der Waals surface area (Å²) in [6, 6.07) is 12.6. The standard InChI is InChI=1S/C26H30O14/c1-31-21-15-9-7-13-19(21)23(27)35-39-37-25(29)33-17-11-5-3-4-6-12-18-34-26(30)38-40-36-24(28)20-14-8-10-16-22(20)32-2/h7-10,13-16H,3-6,11-12,17-18H2,1-2H3. The van der Waals surface area contributed by atoms with Crippen LogP contribution in [-0.2, 0) is 39.1 Å². The number of methoxy groups -OCH3 is 2. The lowest BCUT2D eigenvalue weighted by molar-refractivity contribution is -0.452. The zero-order chi connectivity index (χ0) is 29.0. The van der Waals surface area contributed by atoms with Crippen molar-refractivity contribution >= 4 is 24.2 Å². The molecule has 0 amide bonds. The molecule has 218 valence electrons. The van der Waals surface area contributed by atoms with Crippen LogP contribution < -0.4 is 9.47 Å². The van der Waals surface area contributed by atoms with E-state index < -0.39 is 24.2 Å². The van der Waals surface area contributed by atoms with Gasteiger partial charge in [0, 0.05) is 0 Å². The predicted octanol–water partition coefficient (Wildman–Crippen LogP) is 5.06. The normalized spacial score (nSPS) is 10.2. The average Bonchev–Trinajstić information content (AvgIpc) is 2.97. The van der Waals surface area contributed by atoms with E-state index in [9.17, 15) is 19.2 Å². The lowest BCUT2D eigenvalue weighted by atomic mass is 10.1. The summed E-state index contributed by atoms with van der Waals surface area (Å²) in [6.45, 7) is 0.165. The Morgan fingerprint density at radius 2 is 0.900 bits per heavy atom. The lowest BCUT2D eigenvalue weighted by Gasteiger charge is -2.07. The molecule has 2 rings (SSSR count). The number of benzene rings is 2. The molecule has 0 unspecified atom stereocenters. The quantitative estimate of drug-likeness (QED) is 0.108. The molecule has 0 fully saturated rings. The molecule has 0 saturated heterocycles. The zero-order valence-electron chi connectivity index (χ0n) is 22.0. The molecular weight excluding hydrogens is 536 g/mol. The van der Waals surface area contributed by atoms with Crippen molar-refractivity contribution in [1.29, 1.82) is 0 Å². The van der Waals surface area contributed by atoms with Gasteiger partial charge in [0.05, 0.1) is 37.5 Å². The summed E-state index contributed by atoms with van der Waals surface area (Å²) in [5, 5.41) is 8.32. The van der Waals surface area contributed by atoms with E-state index >= 15 is 0 Å². The highest BCUT2D eigenvalue weighted by Gasteiger charge is 2.17. The Hall–Kier alpha value is -4.56. The number of hydrogen-bond donors (Lipinski definition) is 0. The van der Waals surface area contributed by atoms with Crippen molar-refractivity contribution in [3.63, 3.8) is 0 Å². The van der Waals surface area contributed by atoms with E-state index in [1.165, 1.54) is 26.4 Å². The Labute approximate surface area is 229 Å². The van der Waals surface area contributed by atoms with Crippen molar-refractivity contribution in [3.8, 4) is 11.5 Å². The number of hydrogen-bond acceptors (Lipinski definition) is 14. The summed E-state index contributed by atoms with van der Waals surface area (Å²) in [5.41, 5.74) is 0.178. The van der Waals surface area contributed by atoms with Crippen LogP contribution in [0.25, 0.3) is 0 Å². The highest BCUT2D eigenvalue weighted by molar-refractivity contribution is 5.92. The largest absolute Gasteiger partial charge is 0.543 e. The minimum atomic E-state index is -1.16. The number of para-hydroxylation sites is 2. The first-order valence-corrected chi connectivity index (χ1v) is 12.2. The number of unbranched alkanes of at least 4 members (excludes halogenated alkanes) is 5. The maximum Gasteiger partial charge on any atom is 0.543 e. The van der Waals surface area contributed by atoms with Gasteiger partial charge in [0.15, 0.2) is 0 Å². The first kappa shape index (κ1) is 31.7. The number of carbonyl (C=O) groups is 4. The van der Waals surface area contributed by atoms with Gasteiger partial charge in [-0.15, -0.1) is 0 Å². The van der Waals surface area contributed by atoms with E-state index in [1.54, 1.807) is 36.4 Å². The van der Waals surface area contributed by atoms with Crippen LogP contribution >= 0.6 is 0 Å². The van der Waals surface area contributed by atoms with E-state index in [0.29, 0.717) is 12.8 Å². The van der Waals surface area contributed by atoms with Crippen LogP contribution in [0.3, 0.4) is 0 Å². The van der Waals surface area contributed by atoms with Crippen molar-refractivity contribution in [2.75, 3.05) is 27.4 Å². The smallest absolute Gasteiger partial charge is 0.496 e. The van der Waals surface area contributed by atoms with Crippen LogP contribution in [0, 0.1) is 0 Å². The second-order valence-corrected chi connectivity index (χ2v) is 7.76. The molecule has 0 heterocycles. The van der Waals surface area contributed by atoms with Gasteiger partial charge < -0.3 is 18.9 Å². The van der Waals surface area contributed by atoms with Gasteiger partial charge in [-0.1, -0.05) is 49.9 Å². The molecule has 0 saturated carbocycles. The summed E-state index contributed by atoms with van der Waals surface area (Å²) >= 11 is 0. The summed E-state index contributed by atoms with van der Waals surface area (Å²) in [6.07, 6.45) is 2.06. The molecule has 0 aromatic heterocycles. The molecule has 2 aromatic rings. The zero-order valence-corrected chi connectivity index (χ0v) is 22.0. The molecule has 14 nitrogen and oxygen atoms in total. The van der Waals surface area contributed by atoms with Gasteiger partial charge in [0.1, 0.15) is 22.6 Å². The van der Waals surface area contributed by atoms with Crippen molar-refractivity contribution in [1.82, 2.24) is 0 Å². The van der Waals surface area contributed by atoms with E-state index in [-0.39, 0.29) is 35.8 Å². The Balaban J connectivity index is 1.40. The Kier molecular flexibility index (Phi) is 14.8. The Morgan fingerprint density at radius 3 is 1.30 bits per heavy atom. The molecule has 0 spiro atoms. The van der Waals surface area contributed by atoms with Gasteiger partial charge in [-0.25, -0.2) is 29.0 Å². The Bertz CT molecular complexity index is 1000. The lowest BCUT2D eigenvalue weighted by Crippen LogP contribution is -2.13. The minimum absolute atomic E-state index is 0.0826. The second-order valence-electron chi connectivity index (χ2n) is 7.76. The van der Waals surface area contributed by atoms with Crippen molar-refractivity contribution in [3.05, 3.63) is 59.7 Å². The third-order valence-corrected chi connectivity index (χ3v) is 5.06. The summed E-state index contributed by atoms with van der Waals surface area (Å²) < 4.78 is 19.6. The van der Waals surface area contributed by atoms with Crippen molar-refractivity contribution < 1.29 is 67.8 Å². The molecule has 14 heteroatoms. The molecule has 2 aromatic carbocycles. The molecule has 0 radical (unpaired) electrons. The minimum Gasteiger partial charge on any atom is -0.496 e. The van der Waals surface area contributed by atoms with Crippen LogP contribution in [0.2, 0.25) is 0 Å². The van der Waals surface area contributed by atoms with Gasteiger partial charge >= 0.3 is 24.2 Å². The van der Waals surface area contributed by atoms with Gasteiger partial charge in [0.25, 0.3) is 0 Å². The van der Waals surface area contributed by atoms with Crippen LogP contribution in [0.4, 0.5) is 9.59 Å². The van der Waals surface area contributed by atoms with Gasteiger partial charge in [-0.3, -0.25) is 9.78 Å². The van der Waals surface area contributed by atoms with Crippen molar-refractivity contribution in [2.24, 2.45) is 0 Å². The summed E-state index contributed by atoms with van der Waals surface area (Å²) in [7, 11) is 2.78. The fourth-order valence-electron chi connectivity index (χ4n) is 3.14. The molecule has 0 atom stereocenters. The van der Waals surface area contributed by atoms with Gasteiger partial charge in [0.2, 0.25) is 0 Å². The third-order valence-electron chi connectivity index (χ3n) is 5.06. The number of rotatable bonds is 17. The van der Waals surface area contributed by atoms with E-state index in [2.05, 4.69) is 29.6 Å². The number of carbonyl (C=O) groups excluding carboxylic acids is 4. The molecule has 40 heavy (non-hydrogen) atoms. The Morgan fingerprint density at radius 1 is 0.525 bits per heavy atom. The number of ether oxygens (including phenoxy) is 4. The van der Waals surface area contributed by atoms with Crippen LogP contribution in [0.15, 0.2) is 48.5 Å². The second kappa shape index (κ2) is 18.7. The highest BCUT2D eigenvalue weighted by atomic mass is 17.5. The fourth-order valence-corrected chi connectivity index (χ4v) is 3.14. The molecule has 0 aliphatic carbocycles. The van der Waals surface area contributed by atoms with Crippen LogP contribution in [0.1, 0.15) is 59.2 Å². The molecular formula is C26H30O14. The topological polar surface area (TPSA) is 161 Å². The SMILES string of the molecule is COc1ccccc1C(=O)OOOC(=O)OCCCCCCCCOC(=O)OOOC(=O)c1ccccc1OC. The first-order chi connectivity index (χ1) is 19.5. The maximum atomic E-state index is 11.9. The average molecular weight is 567 g/mol. The monoisotopic (exact) mass is 566 g/mol. The summed E-state index contributed by atoms with van der Waals surface area (Å²) in [5.74, 6) is -1.29. The fraction of sp³-hybridized carbons (Fsp3) is 0.385. The van der Waals surface area contributed by atoms with E-state index in [1.807, 2.05) is 0 Å². The van der Waals surface area contributed by atoms with Gasteiger partial charge in [-0.05, 0) is 37.1 Å². The third kappa shape index (κ3) is 11.9. The van der Waals surface area contributed by atoms with Crippen LogP contribution in [-0.4, -0.2) is 51.7 Å². The molecule has 0 N–H and O–H groups in total. The molecule has 0 aliphatic rings. The van der Waals surface area contributed by atoms with Gasteiger partial charge in [-0.2, -0.15) is 0 Å². The van der Waals surface area contributed by atoms with E-state index in [0.717, 1.165) is 25.7 Å². The maximum absolute atomic E-state index is 11.9. The first-order valence-electron chi connectivity index (χ1n) is 12.2. The molecule has 0 bridgehead atoms.